The first kappa shape index (κ1) is 23.7. The van der Waals surface area contributed by atoms with Gasteiger partial charge in [-0.1, -0.05) is 0 Å². The van der Waals surface area contributed by atoms with Crippen LogP contribution in [0, 0.1) is 0 Å². The van der Waals surface area contributed by atoms with Crippen molar-refractivity contribution in [3.63, 3.8) is 0 Å². The quantitative estimate of drug-likeness (QED) is 0.535. The molecule has 0 saturated carbocycles. The van der Waals surface area contributed by atoms with Crippen molar-refractivity contribution >= 4 is 17.9 Å². The number of nitrogens with zero attached hydrogens (tertiary/aromatic N) is 2. The van der Waals surface area contributed by atoms with Crippen LogP contribution in [0.4, 0.5) is 5.95 Å². The van der Waals surface area contributed by atoms with Gasteiger partial charge in [0.15, 0.2) is 0 Å². The monoisotopic (exact) mass is 279 g/mol. The zero-order valence-electron chi connectivity index (χ0n) is 10.2. The molecule has 80 valence electrons. The molecule has 1 heterocycles. The minimum absolute atomic E-state index is 0. The molecule has 0 bridgehead atoms. The van der Waals surface area contributed by atoms with E-state index in [9.17, 15) is 24.9 Å². The van der Waals surface area contributed by atoms with E-state index < -0.39 is 29.9 Å². The predicted octanol–water partition coefficient (Wildman–Crippen LogP) is -12.9. The summed E-state index contributed by atoms with van der Waals surface area (Å²) in [6.45, 7) is -0.579. The topological polar surface area (TPSA) is 141 Å². The van der Waals surface area contributed by atoms with Gasteiger partial charge in [-0.05, 0) is 0 Å². The maximum atomic E-state index is 11.0. The van der Waals surface area contributed by atoms with Crippen molar-refractivity contribution in [1.82, 2.24) is 9.97 Å². The number of nitrogens with one attached hydrogen (secondary N) is 1. The first-order chi connectivity index (χ1) is 7.00. The average Bonchev–Trinajstić information content (AvgIpc) is 2.14. The number of carboxylic acid groups (broad SMARTS) is 2. The van der Waals surface area contributed by atoms with Gasteiger partial charge in [-0.25, -0.2) is 9.97 Å². The normalized spacial score (nSPS) is 8.00. The molecule has 0 unspecified atom stereocenters. The molecule has 0 aliphatic rings. The van der Waals surface area contributed by atoms with Crippen LogP contribution >= 0.6 is 0 Å². The van der Waals surface area contributed by atoms with Gasteiger partial charge in [0.05, 0.1) is 18.5 Å². The van der Waals surface area contributed by atoms with Gasteiger partial charge in [-0.2, -0.15) is 0 Å². The second kappa shape index (κ2) is 11.4. The minimum atomic E-state index is -1.69. The number of carbonyl (C=O) groups excluding carboxylic acids is 2. The summed E-state index contributed by atoms with van der Waals surface area (Å²) in [6.07, 6.45) is 0.738. The summed E-state index contributed by atoms with van der Waals surface area (Å²) in [7, 11) is 0. The van der Waals surface area contributed by atoms with Gasteiger partial charge >= 0.3 is 88.7 Å². The molecule has 0 amide bonds. The summed E-state index contributed by atoms with van der Waals surface area (Å²) in [5.41, 5.74) is -0.686. The third-order valence-corrected chi connectivity index (χ3v) is 1.36. The Morgan fingerprint density at radius 2 is 1.78 bits per heavy atom. The molecule has 0 aliphatic carbocycles. The zero-order chi connectivity index (χ0) is 11.4. The van der Waals surface area contributed by atoms with Crippen molar-refractivity contribution in [3.05, 3.63) is 11.8 Å². The fourth-order valence-electron chi connectivity index (χ4n) is 0.743. The molecule has 0 spiro atoms. The Balaban J connectivity index is -0.000000750. The van der Waals surface area contributed by atoms with Crippen LogP contribution in [-0.2, 0) is 4.79 Å². The van der Waals surface area contributed by atoms with Gasteiger partial charge in [0, 0.05) is 17.6 Å². The number of rotatable bonds is 4. The van der Waals surface area contributed by atoms with Crippen molar-refractivity contribution in [2.75, 3.05) is 11.9 Å². The standard InChI is InChI=1S/C7H7N3O5.3Na/c11-4(12)2-9-7-8-1-3(6(14)15)5(13)10-7;;;/h1H,2H2,(H,11,12)(H,14,15)(H2,8,9,10,13);;;/q;3*+1/p-3. The molecule has 0 fully saturated rings. The Morgan fingerprint density at radius 1 is 1.22 bits per heavy atom. The third-order valence-electron chi connectivity index (χ3n) is 1.36. The van der Waals surface area contributed by atoms with Crippen molar-refractivity contribution in [3.8, 4) is 5.88 Å². The van der Waals surface area contributed by atoms with E-state index in [-0.39, 0.29) is 94.6 Å². The third kappa shape index (κ3) is 7.93. The number of hydrogen-bond acceptors (Lipinski definition) is 8. The van der Waals surface area contributed by atoms with E-state index in [0.29, 0.717) is 0 Å². The van der Waals surface area contributed by atoms with E-state index in [0.717, 1.165) is 6.20 Å². The molecule has 0 aromatic carbocycles. The van der Waals surface area contributed by atoms with Crippen LogP contribution in [0.1, 0.15) is 10.4 Å². The number of carbonyl (C=O) groups is 2. The van der Waals surface area contributed by atoms with Crippen molar-refractivity contribution < 1.29 is 114 Å². The number of aromatic nitrogens is 2. The summed E-state index contributed by atoms with van der Waals surface area (Å²) in [6, 6.07) is 0. The summed E-state index contributed by atoms with van der Waals surface area (Å²) >= 11 is 0. The Bertz CT molecular complexity index is 417. The first-order valence-corrected chi connectivity index (χ1v) is 3.70. The van der Waals surface area contributed by atoms with Crippen molar-refractivity contribution in [2.24, 2.45) is 0 Å². The molecule has 1 aromatic heterocycles. The van der Waals surface area contributed by atoms with Crippen LogP contribution in [-0.4, -0.2) is 28.5 Å². The number of carboxylic acids is 2. The summed E-state index contributed by atoms with van der Waals surface area (Å²) < 4.78 is 0. The van der Waals surface area contributed by atoms with Crippen LogP contribution in [0.15, 0.2) is 6.20 Å². The predicted molar refractivity (Wildman–Crippen MR) is 39.3 cm³/mol. The Kier molecular flexibility index (Phi) is 15.1. The number of anilines is 1. The Hall–Kier alpha value is 0.620. The van der Waals surface area contributed by atoms with Gasteiger partial charge in [-0.15, -0.1) is 0 Å². The van der Waals surface area contributed by atoms with E-state index in [1.54, 1.807) is 0 Å². The van der Waals surface area contributed by atoms with Crippen LogP contribution in [0.25, 0.3) is 0 Å². The summed E-state index contributed by atoms with van der Waals surface area (Å²) in [5.74, 6) is -4.43. The smallest absolute Gasteiger partial charge is 0.858 e. The van der Waals surface area contributed by atoms with E-state index in [1.165, 1.54) is 0 Å². The van der Waals surface area contributed by atoms with Gasteiger partial charge in [-0.3, -0.25) is 0 Å². The number of aliphatic carboxylic acids is 1. The van der Waals surface area contributed by atoms with Crippen LogP contribution in [0.3, 0.4) is 0 Å². The van der Waals surface area contributed by atoms with E-state index in [1.807, 2.05) is 0 Å². The minimum Gasteiger partial charge on any atom is -0.858 e. The average molecular weight is 279 g/mol. The van der Waals surface area contributed by atoms with Crippen LogP contribution in [0.5, 0.6) is 5.88 Å². The molecule has 0 saturated heterocycles. The molecule has 1 aromatic rings. The molecule has 18 heavy (non-hydrogen) atoms. The Labute approximate surface area is 168 Å². The summed E-state index contributed by atoms with van der Waals surface area (Å²) in [4.78, 5) is 26.9. The van der Waals surface area contributed by atoms with Gasteiger partial charge in [0.1, 0.15) is 0 Å². The van der Waals surface area contributed by atoms with Gasteiger partial charge in [0.2, 0.25) is 5.95 Å². The number of aromatic carboxylic acids is 1. The van der Waals surface area contributed by atoms with Crippen molar-refractivity contribution in [2.45, 2.75) is 0 Å². The molecule has 1 N–H and O–H groups in total. The first-order valence-electron chi connectivity index (χ1n) is 3.70. The van der Waals surface area contributed by atoms with E-state index >= 15 is 0 Å². The maximum Gasteiger partial charge on any atom is 1.00 e. The molecule has 0 aliphatic heterocycles. The fourth-order valence-corrected chi connectivity index (χ4v) is 0.743. The maximum absolute atomic E-state index is 11.0. The van der Waals surface area contributed by atoms with Crippen LogP contribution < -0.4 is 109 Å². The van der Waals surface area contributed by atoms with E-state index in [4.69, 9.17) is 0 Å². The molecule has 1 rings (SSSR count). The van der Waals surface area contributed by atoms with Gasteiger partial charge in [0.25, 0.3) is 0 Å². The molecular weight excluding hydrogens is 275 g/mol. The summed E-state index contributed by atoms with van der Waals surface area (Å²) in [5, 5.41) is 33.4. The molecule has 0 radical (unpaired) electrons. The second-order valence-electron chi connectivity index (χ2n) is 2.43. The molecule has 0 atom stereocenters. The fraction of sp³-hybridized carbons (Fsp3) is 0.143. The van der Waals surface area contributed by atoms with Gasteiger partial charge < -0.3 is 30.2 Å². The largest absolute Gasteiger partial charge is 1.00 e. The second-order valence-corrected chi connectivity index (χ2v) is 2.43. The number of hydrogen-bond donors (Lipinski definition) is 1. The zero-order valence-corrected chi connectivity index (χ0v) is 16.2. The van der Waals surface area contributed by atoms with Crippen LogP contribution in [0.2, 0.25) is 0 Å². The molecular formula is C7H4N3Na3O5. The molecule has 11 heteroatoms. The SMILES string of the molecule is O=C([O-])CNc1ncc(C(=O)[O-])c([O-])n1.[Na+].[Na+].[Na+]. The molecule has 8 nitrogen and oxygen atoms in total. The Morgan fingerprint density at radius 3 is 2.17 bits per heavy atom. The van der Waals surface area contributed by atoms with Crippen molar-refractivity contribution in [1.29, 1.82) is 0 Å². The van der Waals surface area contributed by atoms with E-state index in [2.05, 4.69) is 15.3 Å².